The molecular formula is C21H21FN6. The van der Waals surface area contributed by atoms with Crippen molar-refractivity contribution in [2.45, 2.75) is 19.9 Å². The van der Waals surface area contributed by atoms with Crippen molar-refractivity contribution >= 4 is 11.5 Å². The van der Waals surface area contributed by atoms with Crippen LogP contribution in [0.5, 0.6) is 0 Å². The topological polar surface area (TPSA) is 71.8 Å². The standard InChI is InChI=1S/C21H21FN6/c1-14-3-5-18(9-19(14)22)27-7-8-28(15(2)13-27)20-6-4-16(11-24-20)21-25-12-17(10-23)26-21/h3-6,9,11-12,15H,7-8,13H2,1-2H3,(H,25,26)/t15-/m0/s1. The average Bonchev–Trinajstić information content (AvgIpc) is 3.19. The highest BCUT2D eigenvalue weighted by Crippen LogP contribution is 2.25. The molecule has 0 unspecified atom stereocenters. The summed E-state index contributed by atoms with van der Waals surface area (Å²) in [6, 6.07) is 11.6. The third kappa shape index (κ3) is 3.41. The van der Waals surface area contributed by atoms with E-state index in [1.807, 2.05) is 30.3 Å². The normalized spacial score (nSPS) is 16.9. The first-order chi connectivity index (χ1) is 13.5. The summed E-state index contributed by atoms with van der Waals surface area (Å²) in [5, 5.41) is 8.91. The first-order valence-electron chi connectivity index (χ1n) is 9.24. The van der Waals surface area contributed by atoms with E-state index in [2.05, 4.69) is 31.7 Å². The molecule has 1 N–H and O–H groups in total. The van der Waals surface area contributed by atoms with Gasteiger partial charge >= 0.3 is 0 Å². The van der Waals surface area contributed by atoms with Gasteiger partial charge in [0.25, 0.3) is 0 Å². The summed E-state index contributed by atoms with van der Waals surface area (Å²) in [6.07, 6.45) is 3.28. The number of nitrogens with zero attached hydrogens (tertiary/aromatic N) is 5. The highest BCUT2D eigenvalue weighted by atomic mass is 19.1. The van der Waals surface area contributed by atoms with Crippen molar-refractivity contribution in [3.8, 4) is 17.5 Å². The fraction of sp³-hybridized carbons (Fsp3) is 0.286. The van der Waals surface area contributed by atoms with Gasteiger partial charge in [0.05, 0.1) is 6.20 Å². The summed E-state index contributed by atoms with van der Waals surface area (Å²) < 4.78 is 13.9. The predicted octanol–water partition coefficient (Wildman–Crippen LogP) is 3.51. The molecule has 0 amide bonds. The molecule has 142 valence electrons. The maximum absolute atomic E-state index is 13.9. The molecule has 7 heteroatoms. The van der Waals surface area contributed by atoms with Gasteiger partial charge in [-0.3, -0.25) is 0 Å². The van der Waals surface area contributed by atoms with Gasteiger partial charge in [-0.2, -0.15) is 5.26 Å². The Balaban J connectivity index is 1.47. The minimum Gasteiger partial charge on any atom is -0.368 e. The number of aryl methyl sites for hydroxylation is 1. The fourth-order valence-corrected chi connectivity index (χ4v) is 3.53. The molecule has 1 aliphatic rings. The van der Waals surface area contributed by atoms with Crippen LogP contribution in [0.1, 0.15) is 18.2 Å². The first-order valence-corrected chi connectivity index (χ1v) is 9.24. The lowest BCUT2D eigenvalue weighted by Gasteiger charge is -2.41. The van der Waals surface area contributed by atoms with E-state index in [-0.39, 0.29) is 11.9 Å². The number of H-pyrrole nitrogens is 1. The van der Waals surface area contributed by atoms with E-state index in [1.54, 1.807) is 19.2 Å². The fourth-order valence-electron chi connectivity index (χ4n) is 3.53. The average molecular weight is 376 g/mol. The molecule has 1 atom stereocenters. The van der Waals surface area contributed by atoms with E-state index in [1.165, 1.54) is 6.20 Å². The number of nitriles is 1. The van der Waals surface area contributed by atoms with Gasteiger partial charge in [-0.1, -0.05) is 6.07 Å². The Morgan fingerprint density at radius 3 is 2.68 bits per heavy atom. The van der Waals surface area contributed by atoms with Crippen molar-refractivity contribution in [3.63, 3.8) is 0 Å². The molecule has 28 heavy (non-hydrogen) atoms. The van der Waals surface area contributed by atoms with E-state index < -0.39 is 0 Å². The summed E-state index contributed by atoms with van der Waals surface area (Å²) in [6.45, 7) is 6.34. The van der Waals surface area contributed by atoms with Crippen molar-refractivity contribution < 1.29 is 4.39 Å². The van der Waals surface area contributed by atoms with E-state index in [0.717, 1.165) is 36.7 Å². The van der Waals surface area contributed by atoms with Gasteiger partial charge < -0.3 is 14.8 Å². The van der Waals surface area contributed by atoms with Crippen LogP contribution in [0.15, 0.2) is 42.7 Å². The van der Waals surface area contributed by atoms with Crippen molar-refractivity contribution in [2.75, 3.05) is 29.4 Å². The quantitative estimate of drug-likeness (QED) is 0.757. The molecule has 0 saturated carbocycles. The van der Waals surface area contributed by atoms with Gasteiger partial charge in [0.2, 0.25) is 0 Å². The minimum absolute atomic E-state index is 0.165. The number of nitrogens with one attached hydrogen (secondary N) is 1. The lowest BCUT2D eigenvalue weighted by molar-refractivity contribution is 0.544. The van der Waals surface area contributed by atoms with Crippen LogP contribution in [0.3, 0.4) is 0 Å². The molecule has 1 saturated heterocycles. The number of pyridine rings is 1. The van der Waals surface area contributed by atoms with Crippen LogP contribution in [0, 0.1) is 24.1 Å². The molecule has 0 spiro atoms. The van der Waals surface area contributed by atoms with E-state index in [9.17, 15) is 4.39 Å². The molecule has 3 heterocycles. The van der Waals surface area contributed by atoms with Crippen molar-refractivity contribution in [3.05, 3.63) is 59.8 Å². The lowest BCUT2D eigenvalue weighted by atomic mass is 10.1. The molecule has 0 aliphatic carbocycles. The Kier molecular flexibility index (Phi) is 4.70. The number of halogens is 1. The van der Waals surface area contributed by atoms with Crippen LogP contribution in [-0.4, -0.2) is 40.6 Å². The summed E-state index contributed by atoms with van der Waals surface area (Å²) in [4.78, 5) is 16.2. The minimum atomic E-state index is -0.165. The Morgan fingerprint density at radius 2 is 2.04 bits per heavy atom. The number of hydrogen-bond donors (Lipinski definition) is 1. The maximum Gasteiger partial charge on any atom is 0.139 e. The summed E-state index contributed by atoms with van der Waals surface area (Å²) >= 11 is 0. The van der Waals surface area contributed by atoms with Crippen LogP contribution in [0.2, 0.25) is 0 Å². The number of rotatable bonds is 3. The van der Waals surface area contributed by atoms with Gasteiger partial charge in [0.15, 0.2) is 0 Å². The Labute approximate surface area is 163 Å². The van der Waals surface area contributed by atoms with Crippen LogP contribution in [0.4, 0.5) is 15.9 Å². The maximum atomic E-state index is 13.9. The molecule has 1 aromatic carbocycles. The lowest BCUT2D eigenvalue weighted by Crippen LogP contribution is -2.52. The van der Waals surface area contributed by atoms with Crippen molar-refractivity contribution in [1.82, 2.24) is 15.0 Å². The number of aromatic amines is 1. The number of hydrogen-bond acceptors (Lipinski definition) is 5. The Hall–Kier alpha value is -3.40. The Morgan fingerprint density at radius 1 is 1.18 bits per heavy atom. The van der Waals surface area contributed by atoms with Crippen molar-refractivity contribution in [2.24, 2.45) is 0 Å². The third-order valence-electron chi connectivity index (χ3n) is 5.16. The van der Waals surface area contributed by atoms with Gasteiger partial charge in [0, 0.05) is 43.1 Å². The second-order valence-electron chi connectivity index (χ2n) is 7.08. The zero-order valence-corrected chi connectivity index (χ0v) is 15.9. The molecule has 0 bridgehead atoms. The van der Waals surface area contributed by atoms with Crippen LogP contribution >= 0.6 is 0 Å². The van der Waals surface area contributed by atoms with Gasteiger partial charge in [-0.25, -0.2) is 14.4 Å². The van der Waals surface area contributed by atoms with E-state index >= 15 is 0 Å². The molecule has 3 aromatic rings. The van der Waals surface area contributed by atoms with Gasteiger partial charge in [0.1, 0.15) is 29.2 Å². The highest BCUT2D eigenvalue weighted by molar-refractivity contribution is 5.58. The number of imidazole rings is 1. The first kappa shape index (κ1) is 18.0. The number of aromatic nitrogens is 3. The predicted molar refractivity (Wildman–Crippen MR) is 107 cm³/mol. The largest absolute Gasteiger partial charge is 0.368 e. The summed E-state index contributed by atoms with van der Waals surface area (Å²) in [5.74, 6) is 1.37. The van der Waals surface area contributed by atoms with Gasteiger partial charge in [-0.05, 0) is 43.7 Å². The number of benzene rings is 1. The summed E-state index contributed by atoms with van der Waals surface area (Å²) in [5.41, 5.74) is 2.85. The molecule has 0 radical (unpaired) electrons. The van der Waals surface area contributed by atoms with Crippen LogP contribution in [0.25, 0.3) is 11.4 Å². The van der Waals surface area contributed by atoms with E-state index in [0.29, 0.717) is 17.1 Å². The zero-order chi connectivity index (χ0) is 19.7. The highest BCUT2D eigenvalue weighted by Gasteiger charge is 2.25. The van der Waals surface area contributed by atoms with E-state index in [4.69, 9.17) is 5.26 Å². The Bertz CT molecular complexity index is 1020. The SMILES string of the molecule is Cc1ccc(N2CCN(c3ccc(-c4ncc(C#N)[nH]4)cn3)[C@@H](C)C2)cc1F. The zero-order valence-electron chi connectivity index (χ0n) is 15.9. The number of piperazine rings is 1. The third-order valence-corrected chi connectivity index (χ3v) is 5.16. The van der Waals surface area contributed by atoms with Crippen LogP contribution < -0.4 is 9.80 Å². The second-order valence-corrected chi connectivity index (χ2v) is 7.08. The number of anilines is 2. The summed E-state index contributed by atoms with van der Waals surface area (Å²) in [7, 11) is 0. The van der Waals surface area contributed by atoms with Gasteiger partial charge in [-0.15, -0.1) is 0 Å². The molecule has 1 fully saturated rings. The molecule has 4 rings (SSSR count). The smallest absolute Gasteiger partial charge is 0.139 e. The monoisotopic (exact) mass is 376 g/mol. The molecular weight excluding hydrogens is 355 g/mol. The van der Waals surface area contributed by atoms with Crippen molar-refractivity contribution in [1.29, 1.82) is 5.26 Å². The molecule has 6 nitrogen and oxygen atoms in total. The molecule has 2 aromatic heterocycles. The second kappa shape index (κ2) is 7.31. The molecule has 1 aliphatic heterocycles. The van der Waals surface area contributed by atoms with Crippen LogP contribution in [-0.2, 0) is 0 Å².